The predicted molar refractivity (Wildman–Crippen MR) is 111 cm³/mol. The number of pyridine rings is 1. The van der Waals surface area contributed by atoms with E-state index in [4.69, 9.17) is 14.6 Å². The molecule has 1 amide bonds. The number of aliphatic carboxylic acids is 1. The average Bonchev–Trinajstić information content (AvgIpc) is 2.78. The van der Waals surface area contributed by atoms with E-state index in [-0.39, 0.29) is 5.91 Å². The second-order valence-corrected chi connectivity index (χ2v) is 6.72. The Hall–Kier alpha value is -3.74. The van der Waals surface area contributed by atoms with Crippen LogP contribution in [0.5, 0.6) is 5.75 Å². The van der Waals surface area contributed by atoms with Crippen molar-refractivity contribution in [2.45, 2.75) is 13.1 Å². The van der Waals surface area contributed by atoms with Gasteiger partial charge < -0.3 is 19.6 Å². The number of ether oxygens (including phenoxy) is 1. The quantitative estimate of drug-likeness (QED) is 0.710. The third-order valence-corrected chi connectivity index (χ3v) is 4.54. The fraction of sp³-hybridized carbons (Fsp3) is 0.318. The van der Waals surface area contributed by atoms with Gasteiger partial charge in [-0.05, 0) is 42.8 Å². The zero-order valence-electron chi connectivity index (χ0n) is 17.5. The van der Waals surface area contributed by atoms with Crippen LogP contribution in [0.15, 0.2) is 42.7 Å². The van der Waals surface area contributed by atoms with Gasteiger partial charge in [-0.25, -0.2) is 4.79 Å². The molecule has 1 fully saturated rings. The highest BCUT2D eigenvalue weighted by Crippen LogP contribution is 2.20. The third kappa shape index (κ3) is 7.19. The van der Waals surface area contributed by atoms with E-state index in [0.29, 0.717) is 13.1 Å². The number of anilines is 1. The highest BCUT2D eigenvalue weighted by Gasteiger charge is 2.38. The normalized spacial score (nSPS) is 13.3. The van der Waals surface area contributed by atoms with Crippen molar-refractivity contribution in [3.63, 3.8) is 0 Å². The summed E-state index contributed by atoms with van der Waals surface area (Å²) in [6.45, 7) is 5.03. The maximum atomic E-state index is 12.3. The lowest BCUT2D eigenvalue weighted by molar-refractivity contribution is -0.192. The molecule has 0 unspecified atom stereocenters. The molecule has 170 valence electrons. The van der Waals surface area contributed by atoms with E-state index in [1.165, 1.54) is 5.69 Å². The highest BCUT2D eigenvalue weighted by atomic mass is 19.4. The van der Waals surface area contributed by atoms with Gasteiger partial charge in [0, 0.05) is 55.7 Å². The molecule has 1 aromatic heterocycles. The summed E-state index contributed by atoms with van der Waals surface area (Å²) >= 11 is 0. The van der Waals surface area contributed by atoms with Gasteiger partial charge >= 0.3 is 12.1 Å². The van der Waals surface area contributed by atoms with Crippen molar-refractivity contribution in [2.75, 3.05) is 38.2 Å². The van der Waals surface area contributed by atoms with Crippen LogP contribution >= 0.6 is 0 Å². The number of carboxylic acids is 1. The van der Waals surface area contributed by atoms with Crippen LogP contribution in [-0.4, -0.2) is 66.3 Å². The smallest absolute Gasteiger partial charge is 0.490 e. The lowest BCUT2D eigenvalue weighted by Crippen LogP contribution is -2.48. The van der Waals surface area contributed by atoms with Crippen molar-refractivity contribution < 1.29 is 32.6 Å². The molecule has 0 bridgehead atoms. The SMILES string of the molecule is COc1ccc(C#CC(=O)N2CCN(c3ccncc3C)CC2)cc1.O=C(O)C(F)(F)F. The first-order valence-electron chi connectivity index (χ1n) is 9.52. The maximum absolute atomic E-state index is 12.3. The monoisotopic (exact) mass is 449 g/mol. The van der Waals surface area contributed by atoms with E-state index in [1.807, 2.05) is 41.4 Å². The van der Waals surface area contributed by atoms with Gasteiger partial charge in [-0.3, -0.25) is 9.78 Å². The number of rotatable bonds is 2. The minimum Gasteiger partial charge on any atom is -0.497 e. The number of nitrogens with zero attached hydrogens (tertiary/aromatic N) is 3. The molecule has 0 aliphatic carbocycles. The first-order valence-corrected chi connectivity index (χ1v) is 9.52. The van der Waals surface area contributed by atoms with Gasteiger partial charge in [0.15, 0.2) is 0 Å². The summed E-state index contributed by atoms with van der Waals surface area (Å²) in [7, 11) is 1.62. The first kappa shape index (κ1) is 24.5. The van der Waals surface area contributed by atoms with Gasteiger partial charge in [0.05, 0.1) is 7.11 Å². The topological polar surface area (TPSA) is 83.0 Å². The van der Waals surface area contributed by atoms with Crippen LogP contribution in [0.1, 0.15) is 11.1 Å². The first-order chi connectivity index (χ1) is 15.1. The van der Waals surface area contributed by atoms with Crippen molar-refractivity contribution in [1.29, 1.82) is 0 Å². The number of hydrogen-bond acceptors (Lipinski definition) is 5. The van der Waals surface area contributed by atoms with Crippen LogP contribution in [0.4, 0.5) is 18.9 Å². The summed E-state index contributed by atoms with van der Waals surface area (Å²) in [5, 5.41) is 7.12. The molecule has 1 N–H and O–H groups in total. The standard InChI is InChI=1S/C20H21N3O2.C2HF3O2/c1-16-15-21-10-9-19(16)22-11-13-23(14-12-22)20(24)8-5-17-3-6-18(25-2)7-4-17;3-2(4,5)1(6)7/h3-4,6-7,9-10,15H,11-14H2,1-2H3;(H,6,7). The number of halogens is 3. The second kappa shape index (κ2) is 11.0. The van der Waals surface area contributed by atoms with E-state index >= 15 is 0 Å². The summed E-state index contributed by atoms with van der Waals surface area (Å²) in [5.41, 5.74) is 3.15. The van der Waals surface area contributed by atoms with E-state index in [2.05, 4.69) is 28.6 Å². The van der Waals surface area contributed by atoms with Gasteiger partial charge in [-0.1, -0.05) is 5.92 Å². The molecule has 0 spiro atoms. The molecule has 1 saturated heterocycles. The van der Waals surface area contributed by atoms with Crippen molar-refractivity contribution in [2.24, 2.45) is 0 Å². The summed E-state index contributed by atoms with van der Waals surface area (Å²) in [4.78, 5) is 29.4. The summed E-state index contributed by atoms with van der Waals surface area (Å²) < 4.78 is 36.8. The molecule has 3 rings (SSSR count). The van der Waals surface area contributed by atoms with E-state index < -0.39 is 12.1 Å². The lowest BCUT2D eigenvalue weighted by Gasteiger charge is -2.35. The molecule has 0 radical (unpaired) electrons. The Morgan fingerprint density at radius 3 is 2.19 bits per heavy atom. The van der Waals surface area contributed by atoms with Gasteiger partial charge in [0.25, 0.3) is 5.91 Å². The Kier molecular flexibility index (Phi) is 8.46. The summed E-state index contributed by atoms with van der Waals surface area (Å²) in [5.74, 6) is 3.56. The number of aromatic nitrogens is 1. The number of hydrogen-bond donors (Lipinski definition) is 1. The minimum absolute atomic E-state index is 0.123. The number of alkyl halides is 3. The lowest BCUT2D eigenvalue weighted by atomic mass is 10.2. The van der Waals surface area contributed by atoms with Crippen LogP contribution in [0.3, 0.4) is 0 Å². The summed E-state index contributed by atoms with van der Waals surface area (Å²) in [6.07, 6.45) is -1.41. The van der Waals surface area contributed by atoms with Crippen LogP contribution in [0.2, 0.25) is 0 Å². The number of carboxylic acid groups (broad SMARTS) is 1. The zero-order chi connectivity index (χ0) is 23.7. The average molecular weight is 449 g/mol. The Labute approximate surface area is 183 Å². The maximum Gasteiger partial charge on any atom is 0.490 e. The van der Waals surface area contributed by atoms with Gasteiger partial charge in [-0.2, -0.15) is 13.2 Å². The fourth-order valence-corrected chi connectivity index (χ4v) is 2.85. The van der Waals surface area contributed by atoms with Gasteiger partial charge in [0.1, 0.15) is 5.75 Å². The fourth-order valence-electron chi connectivity index (χ4n) is 2.85. The van der Waals surface area contributed by atoms with Crippen LogP contribution in [0.25, 0.3) is 0 Å². The number of methoxy groups -OCH3 is 1. The van der Waals surface area contributed by atoms with Crippen molar-refractivity contribution in [3.05, 3.63) is 53.9 Å². The van der Waals surface area contributed by atoms with Gasteiger partial charge in [0.2, 0.25) is 0 Å². The molecule has 1 aromatic carbocycles. The van der Waals surface area contributed by atoms with E-state index in [0.717, 1.165) is 30.0 Å². The summed E-state index contributed by atoms with van der Waals surface area (Å²) in [6, 6.07) is 9.40. The molecule has 0 saturated carbocycles. The van der Waals surface area contributed by atoms with Gasteiger partial charge in [-0.15, -0.1) is 0 Å². The number of benzene rings is 1. The molecular formula is C22H22F3N3O4. The molecule has 0 atom stereocenters. The number of carbonyl (C=O) groups excluding carboxylic acids is 1. The molecular weight excluding hydrogens is 427 g/mol. The van der Waals surface area contributed by atoms with Crippen molar-refractivity contribution in [3.8, 4) is 17.6 Å². The number of aryl methyl sites for hydroxylation is 1. The Balaban J connectivity index is 0.000000451. The number of piperazine rings is 1. The van der Waals surface area contributed by atoms with Crippen LogP contribution in [0, 0.1) is 18.8 Å². The molecule has 2 heterocycles. The van der Waals surface area contributed by atoms with Crippen LogP contribution in [-0.2, 0) is 9.59 Å². The van der Waals surface area contributed by atoms with Crippen LogP contribution < -0.4 is 9.64 Å². The Morgan fingerprint density at radius 2 is 1.69 bits per heavy atom. The Bertz CT molecular complexity index is 990. The van der Waals surface area contributed by atoms with Crippen molar-refractivity contribution >= 4 is 17.6 Å². The predicted octanol–water partition coefficient (Wildman–Crippen LogP) is 2.73. The third-order valence-electron chi connectivity index (χ3n) is 4.54. The molecule has 10 heteroatoms. The molecule has 32 heavy (non-hydrogen) atoms. The Morgan fingerprint density at radius 1 is 1.09 bits per heavy atom. The molecule has 2 aromatic rings. The molecule has 1 aliphatic rings. The van der Waals surface area contributed by atoms with E-state index in [9.17, 15) is 18.0 Å². The number of amides is 1. The van der Waals surface area contributed by atoms with Crippen molar-refractivity contribution in [1.82, 2.24) is 9.88 Å². The second-order valence-electron chi connectivity index (χ2n) is 6.72. The zero-order valence-corrected chi connectivity index (χ0v) is 17.5. The molecule has 7 nitrogen and oxygen atoms in total. The minimum atomic E-state index is -5.08. The molecule has 1 aliphatic heterocycles. The van der Waals surface area contributed by atoms with E-state index in [1.54, 1.807) is 13.3 Å². The number of carbonyl (C=O) groups is 2. The largest absolute Gasteiger partial charge is 0.497 e. The highest BCUT2D eigenvalue weighted by molar-refractivity contribution is 5.94.